The summed E-state index contributed by atoms with van der Waals surface area (Å²) in [4.78, 5) is 14.6. The number of hydrogen-bond acceptors (Lipinski definition) is 3. The molecule has 0 radical (unpaired) electrons. The average Bonchev–Trinajstić information content (AvgIpc) is 2.70. The largest absolute Gasteiger partial charge is 0.338 e. The summed E-state index contributed by atoms with van der Waals surface area (Å²) >= 11 is 0. The first-order chi connectivity index (χ1) is 7.36. The maximum atomic E-state index is 10.3. The zero-order chi connectivity index (χ0) is 10.7. The Bertz CT molecular complexity index is 404. The summed E-state index contributed by atoms with van der Waals surface area (Å²) in [7, 11) is 0. The number of nitrogens with zero attached hydrogens (tertiary/aromatic N) is 3. The number of aryl methyl sites for hydroxylation is 1. The molecule has 1 aromatic heterocycles. The fourth-order valence-corrected chi connectivity index (χ4v) is 1.93. The van der Waals surface area contributed by atoms with Gasteiger partial charge in [0.15, 0.2) is 6.04 Å². The number of imidazole rings is 1. The molecule has 0 bridgehead atoms. The van der Waals surface area contributed by atoms with Crippen molar-refractivity contribution in [1.29, 1.82) is 5.26 Å². The van der Waals surface area contributed by atoms with Crippen LogP contribution in [0.15, 0.2) is 6.20 Å². The van der Waals surface area contributed by atoms with Crippen LogP contribution in [0, 0.1) is 11.3 Å². The Kier molecular flexibility index (Phi) is 2.68. The zero-order valence-corrected chi connectivity index (χ0v) is 8.31. The lowest BCUT2D eigenvalue weighted by Gasteiger charge is -2.18. The molecule has 1 unspecified atom stereocenters. The fraction of sp³-hybridized carbons (Fsp3) is 0.500. The number of aromatic nitrogens is 2. The molecule has 1 amide bonds. The van der Waals surface area contributed by atoms with Gasteiger partial charge in [-0.1, -0.05) is 0 Å². The molecule has 1 aliphatic rings. The van der Waals surface area contributed by atoms with E-state index < -0.39 is 6.04 Å². The number of carbonyl (C=O) groups excluding carboxylic acids is 1. The molecule has 2 heterocycles. The second-order valence-electron chi connectivity index (χ2n) is 3.55. The van der Waals surface area contributed by atoms with Gasteiger partial charge in [0.05, 0.1) is 18.0 Å². The molecule has 15 heavy (non-hydrogen) atoms. The molecule has 5 heteroatoms. The molecule has 1 aliphatic heterocycles. The van der Waals surface area contributed by atoms with Gasteiger partial charge >= 0.3 is 0 Å². The first kappa shape index (κ1) is 9.71. The molecule has 5 nitrogen and oxygen atoms in total. The average molecular weight is 204 g/mol. The van der Waals surface area contributed by atoms with Crippen LogP contribution in [0.4, 0.5) is 0 Å². The van der Waals surface area contributed by atoms with Crippen LogP contribution in [-0.4, -0.2) is 16.0 Å². The summed E-state index contributed by atoms with van der Waals surface area (Å²) < 4.78 is 2.04. The van der Waals surface area contributed by atoms with Gasteiger partial charge in [-0.25, -0.2) is 4.98 Å². The van der Waals surface area contributed by atoms with Crippen LogP contribution in [0.25, 0.3) is 0 Å². The monoisotopic (exact) mass is 204 g/mol. The van der Waals surface area contributed by atoms with Crippen LogP contribution < -0.4 is 5.32 Å². The molecule has 0 saturated carbocycles. The van der Waals surface area contributed by atoms with E-state index in [-0.39, 0.29) is 0 Å². The third-order valence-electron chi connectivity index (χ3n) is 2.66. The van der Waals surface area contributed by atoms with Crippen molar-refractivity contribution in [3.05, 3.63) is 17.7 Å². The van der Waals surface area contributed by atoms with E-state index >= 15 is 0 Å². The lowest BCUT2D eigenvalue weighted by atomic mass is 10.1. The van der Waals surface area contributed by atoms with E-state index in [1.165, 1.54) is 0 Å². The van der Waals surface area contributed by atoms with Crippen LogP contribution in [0.3, 0.4) is 0 Å². The Balaban J connectivity index is 2.31. The van der Waals surface area contributed by atoms with Gasteiger partial charge in [0, 0.05) is 13.0 Å². The lowest BCUT2D eigenvalue weighted by molar-refractivity contribution is -0.109. The van der Waals surface area contributed by atoms with Crippen molar-refractivity contribution in [2.45, 2.75) is 31.8 Å². The summed E-state index contributed by atoms with van der Waals surface area (Å²) in [6, 6.07) is 1.47. The Morgan fingerprint density at radius 3 is 3.27 bits per heavy atom. The van der Waals surface area contributed by atoms with Gasteiger partial charge in [-0.2, -0.15) is 5.26 Å². The molecule has 0 saturated heterocycles. The van der Waals surface area contributed by atoms with Crippen molar-refractivity contribution in [1.82, 2.24) is 14.9 Å². The molecule has 0 aromatic carbocycles. The highest BCUT2D eigenvalue weighted by molar-refractivity contribution is 5.48. The van der Waals surface area contributed by atoms with E-state index in [2.05, 4.69) is 16.4 Å². The lowest BCUT2D eigenvalue weighted by Crippen LogP contribution is -2.23. The number of carbonyl (C=O) groups is 1. The van der Waals surface area contributed by atoms with Crippen molar-refractivity contribution >= 4 is 6.41 Å². The van der Waals surface area contributed by atoms with Crippen LogP contribution in [0.2, 0.25) is 0 Å². The van der Waals surface area contributed by atoms with Gasteiger partial charge in [0.2, 0.25) is 6.41 Å². The molecule has 1 aromatic rings. The van der Waals surface area contributed by atoms with Gasteiger partial charge in [-0.15, -0.1) is 0 Å². The quantitative estimate of drug-likeness (QED) is 0.730. The topological polar surface area (TPSA) is 70.7 Å². The molecular weight excluding hydrogens is 192 g/mol. The highest BCUT2D eigenvalue weighted by Gasteiger charge is 2.19. The van der Waals surface area contributed by atoms with E-state index in [0.717, 1.165) is 37.3 Å². The van der Waals surface area contributed by atoms with Crippen molar-refractivity contribution < 1.29 is 4.79 Å². The smallest absolute Gasteiger partial charge is 0.208 e. The Morgan fingerprint density at radius 2 is 2.53 bits per heavy atom. The second kappa shape index (κ2) is 4.13. The zero-order valence-electron chi connectivity index (χ0n) is 8.31. The summed E-state index contributed by atoms with van der Waals surface area (Å²) in [5, 5.41) is 11.4. The van der Waals surface area contributed by atoms with Gasteiger partial charge in [0.1, 0.15) is 5.82 Å². The predicted octanol–water partition coefficient (Wildman–Crippen LogP) is 0.530. The van der Waals surface area contributed by atoms with Crippen molar-refractivity contribution in [2.75, 3.05) is 0 Å². The third-order valence-corrected chi connectivity index (χ3v) is 2.66. The predicted molar refractivity (Wildman–Crippen MR) is 52.7 cm³/mol. The number of fused-ring (bicyclic) bond motifs is 1. The first-order valence-electron chi connectivity index (χ1n) is 5.00. The molecule has 78 valence electrons. The minimum Gasteiger partial charge on any atom is -0.338 e. The fourth-order valence-electron chi connectivity index (χ4n) is 1.93. The maximum absolute atomic E-state index is 10.3. The molecule has 0 spiro atoms. The van der Waals surface area contributed by atoms with Gasteiger partial charge < -0.3 is 9.88 Å². The van der Waals surface area contributed by atoms with Crippen LogP contribution in [0.5, 0.6) is 0 Å². The number of rotatable bonds is 3. The van der Waals surface area contributed by atoms with E-state index in [1.54, 1.807) is 6.20 Å². The molecule has 1 atom stereocenters. The molecule has 0 aliphatic carbocycles. The normalized spacial score (nSPS) is 16.2. The SMILES string of the molecule is N#CC(NC=O)c1cnc2n1CCCC2. The Morgan fingerprint density at radius 1 is 1.67 bits per heavy atom. The number of nitrogens with one attached hydrogen (secondary N) is 1. The molecule has 2 rings (SSSR count). The van der Waals surface area contributed by atoms with Crippen molar-refractivity contribution in [3.63, 3.8) is 0 Å². The highest BCUT2D eigenvalue weighted by Crippen LogP contribution is 2.20. The van der Waals surface area contributed by atoms with Crippen molar-refractivity contribution in [2.24, 2.45) is 0 Å². The summed E-state index contributed by atoms with van der Waals surface area (Å²) in [6.45, 7) is 0.892. The van der Waals surface area contributed by atoms with E-state index in [4.69, 9.17) is 5.26 Å². The molecule has 0 fully saturated rings. The Hall–Kier alpha value is -1.83. The van der Waals surface area contributed by atoms with Gasteiger partial charge in [0.25, 0.3) is 0 Å². The maximum Gasteiger partial charge on any atom is 0.208 e. The molecular formula is C10H12N4O. The molecule has 1 N–H and O–H groups in total. The van der Waals surface area contributed by atoms with Crippen LogP contribution >= 0.6 is 0 Å². The summed E-state index contributed by atoms with van der Waals surface area (Å²) in [6.07, 6.45) is 5.45. The highest BCUT2D eigenvalue weighted by atomic mass is 16.1. The second-order valence-corrected chi connectivity index (χ2v) is 3.55. The minimum absolute atomic E-state index is 0.552. The Labute approximate surface area is 87.7 Å². The van der Waals surface area contributed by atoms with E-state index in [1.807, 2.05) is 4.57 Å². The minimum atomic E-state index is -0.582. The van der Waals surface area contributed by atoms with Crippen molar-refractivity contribution in [3.8, 4) is 6.07 Å². The van der Waals surface area contributed by atoms with Crippen LogP contribution in [-0.2, 0) is 17.8 Å². The van der Waals surface area contributed by atoms with E-state index in [9.17, 15) is 4.79 Å². The standard InChI is InChI=1S/C10H12N4O/c11-5-8(13-7-15)9-6-12-10-3-1-2-4-14(9)10/h6-8H,1-4H2,(H,13,15). The first-order valence-corrected chi connectivity index (χ1v) is 5.00. The summed E-state index contributed by atoms with van der Waals surface area (Å²) in [5.74, 6) is 1.02. The number of amides is 1. The third kappa shape index (κ3) is 1.71. The van der Waals surface area contributed by atoms with E-state index in [0.29, 0.717) is 6.41 Å². The number of nitriles is 1. The van der Waals surface area contributed by atoms with Crippen LogP contribution in [0.1, 0.15) is 30.4 Å². The summed E-state index contributed by atoms with van der Waals surface area (Å²) in [5.41, 5.74) is 0.791. The number of hydrogen-bond donors (Lipinski definition) is 1. The van der Waals surface area contributed by atoms with Gasteiger partial charge in [-0.3, -0.25) is 4.79 Å². The van der Waals surface area contributed by atoms with Gasteiger partial charge in [-0.05, 0) is 12.8 Å².